The molecule has 2 aromatic rings. The monoisotopic (exact) mass is 406 g/mol. The maximum atomic E-state index is 12.1. The number of aromatic nitrogens is 1. The van der Waals surface area contributed by atoms with Crippen molar-refractivity contribution in [2.75, 3.05) is 13.1 Å². The van der Waals surface area contributed by atoms with Crippen LogP contribution in [0.1, 0.15) is 33.6 Å². The van der Waals surface area contributed by atoms with Crippen molar-refractivity contribution < 1.29 is 14.3 Å². The van der Waals surface area contributed by atoms with Crippen LogP contribution in [0.5, 0.6) is 5.75 Å². The molecule has 0 atom stereocenters. The molecule has 1 saturated heterocycles. The maximum Gasteiger partial charge on any atom is 0.410 e. The summed E-state index contributed by atoms with van der Waals surface area (Å²) in [6.45, 7) is 6.94. The Hall–Kier alpha value is -1.82. The van der Waals surface area contributed by atoms with E-state index >= 15 is 0 Å². The number of benzene rings is 1. The van der Waals surface area contributed by atoms with Gasteiger partial charge in [-0.15, -0.1) is 0 Å². The van der Waals surface area contributed by atoms with E-state index in [0.717, 1.165) is 33.8 Å². The first-order valence-electron chi connectivity index (χ1n) is 8.50. The molecule has 0 unspecified atom stereocenters. The Morgan fingerprint density at radius 2 is 1.96 bits per heavy atom. The number of ether oxygens (including phenoxy) is 2. The zero-order valence-electron chi connectivity index (χ0n) is 14.8. The molecule has 3 rings (SSSR count). The van der Waals surface area contributed by atoms with Gasteiger partial charge in [0.1, 0.15) is 17.5 Å². The first-order chi connectivity index (χ1) is 11.8. The lowest BCUT2D eigenvalue weighted by molar-refractivity contribution is 0.0128. The molecule has 1 aliphatic heterocycles. The molecule has 25 heavy (non-hydrogen) atoms. The average molecular weight is 407 g/mol. The lowest BCUT2D eigenvalue weighted by Gasteiger charge is -2.33. The SMILES string of the molecule is CC(C)(C)OC(=O)N1CCC(Oc2cccc3cncc(Br)c23)CC1. The topological polar surface area (TPSA) is 51.7 Å². The largest absolute Gasteiger partial charge is 0.490 e. The van der Waals surface area contributed by atoms with Crippen molar-refractivity contribution in [2.45, 2.75) is 45.3 Å². The molecule has 5 nitrogen and oxygen atoms in total. The number of pyridine rings is 1. The van der Waals surface area contributed by atoms with Gasteiger partial charge in [-0.2, -0.15) is 0 Å². The second-order valence-electron chi connectivity index (χ2n) is 7.26. The smallest absolute Gasteiger partial charge is 0.410 e. The first-order valence-corrected chi connectivity index (χ1v) is 9.29. The van der Waals surface area contributed by atoms with E-state index in [0.29, 0.717) is 13.1 Å². The number of hydrogen-bond donors (Lipinski definition) is 0. The molecular weight excluding hydrogens is 384 g/mol. The lowest BCUT2D eigenvalue weighted by atomic mass is 10.1. The number of amides is 1. The number of piperidine rings is 1. The molecule has 1 aromatic carbocycles. The van der Waals surface area contributed by atoms with Gasteiger partial charge in [0.2, 0.25) is 0 Å². The van der Waals surface area contributed by atoms with E-state index < -0.39 is 5.60 Å². The summed E-state index contributed by atoms with van der Waals surface area (Å²) in [5.74, 6) is 0.850. The molecule has 6 heteroatoms. The van der Waals surface area contributed by atoms with Crippen LogP contribution in [-0.2, 0) is 4.74 Å². The number of nitrogens with zero attached hydrogens (tertiary/aromatic N) is 2. The molecule has 0 spiro atoms. The number of carbonyl (C=O) groups is 1. The molecule has 0 bridgehead atoms. The summed E-state index contributed by atoms with van der Waals surface area (Å²) in [6.07, 6.45) is 5.03. The van der Waals surface area contributed by atoms with Crippen LogP contribution in [0.4, 0.5) is 4.79 Å². The minimum atomic E-state index is -0.465. The zero-order chi connectivity index (χ0) is 18.0. The van der Waals surface area contributed by atoms with Crippen LogP contribution < -0.4 is 4.74 Å². The normalized spacial score (nSPS) is 16.1. The van der Waals surface area contributed by atoms with Crippen molar-refractivity contribution in [2.24, 2.45) is 0 Å². The predicted molar refractivity (Wildman–Crippen MR) is 101 cm³/mol. The van der Waals surface area contributed by atoms with Gasteiger partial charge in [0, 0.05) is 53.6 Å². The zero-order valence-corrected chi connectivity index (χ0v) is 16.4. The Labute approximate surface area is 156 Å². The summed E-state index contributed by atoms with van der Waals surface area (Å²) >= 11 is 3.56. The highest BCUT2D eigenvalue weighted by Gasteiger charge is 2.28. The number of fused-ring (bicyclic) bond motifs is 1. The van der Waals surface area contributed by atoms with Crippen LogP contribution >= 0.6 is 15.9 Å². The lowest BCUT2D eigenvalue weighted by Crippen LogP contribution is -2.44. The van der Waals surface area contributed by atoms with E-state index in [2.05, 4.69) is 20.9 Å². The van der Waals surface area contributed by atoms with Gasteiger partial charge in [-0.05, 0) is 42.8 Å². The Bertz CT molecular complexity index is 760. The van der Waals surface area contributed by atoms with Gasteiger partial charge in [-0.1, -0.05) is 12.1 Å². The summed E-state index contributed by atoms with van der Waals surface area (Å²) < 4.78 is 12.6. The van der Waals surface area contributed by atoms with E-state index in [1.54, 1.807) is 11.1 Å². The van der Waals surface area contributed by atoms with Crippen LogP contribution in [0.2, 0.25) is 0 Å². The molecule has 0 aliphatic carbocycles. The van der Waals surface area contributed by atoms with Gasteiger partial charge in [0.15, 0.2) is 0 Å². The second kappa shape index (κ2) is 7.20. The highest BCUT2D eigenvalue weighted by atomic mass is 79.9. The fourth-order valence-electron chi connectivity index (χ4n) is 2.92. The fraction of sp³-hybridized carbons (Fsp3) is 0.474. The Morgan fingerprint density at radius 3 is 2.64 bits per heavy atom. The van der Waals surface area contributed by atoms with Crippen LogP contribution in [0.15, 0.2) is 35.1 Å². The minimum absolute atomic E-state index is 0.0874. The van der Waals surface area contributed by atoms with Crippen molar-refractivity contribution in [3.8, 4) is 5.75 Å². The Balaban J connectivity index is 1.64. The summed E-state index contributed by atoms with van der Waals surface area (Å²) in [7, 11) is 0. The molecule has 1 aliphatic rings. The van der Waals surface area contributed by atoms with Crippen molar-refractivity contribution in [3.05, 3.63) is 35.1 Å². The Morgan fingerprint density at radius 1 is 1.24 bits per heavy atom. The van der Waals surface area contributed by atoms with E-state index in [4.69, 9.17) is 9.47 Å². The third-order valence-electron chi connectivity index (χ3n) is 4.09. The molecule has 0 saturated carbocycles. The maximum absolute atomic E-state index is 12.1. The van der Waals surface area contributed by atoms with Crippen molar-refractivity contribution >= 4 is 32.8 Å². The molecule has 1 amide bonds. The third-order valence-corrected chi connectivity index (χ3v) is 4.69. The summed E-state index contributed by atoms with van der Waals surface area (Å²) in [6, 6.07) is 5.97. The van der Waals surface area contributed by atoms with Crippen LogP contribution in [0.25, 0.3) is 10.8 Å². The standard InChI is InChI=1S/C19H23BrN2O3/c1-19(2,3)25-18(23)22-9-7-14(8-10-22)24-16-6-4-5-13-11-21-12-15(20)17(13)16/h4-6,11-12,14H,7-10H2,1-3H3. The number of hydrogen-bond acceptors (Lipinski definition) is 4. The van der Waals surface area contributed by atoms with Gasteiger partial charge in [-0.3, -0.25) is 4.98 Å². The van der Waals surface area contributed by atoms with Crippen molar-refractivity contribution in [3.63, 3.8) is 0 Å². The fourth-order valence-corrected chi connectivity index (χ4v) is 3.46. The first kappa shape index (κ1) is 18.0. The van der Waals surface area contributed by atoms with Gasteiger partial charge >= 0.3 is 6.09 Å². The van der Waals surface area contributed by atoms with Gasteiger partial charge in [0.25, 0.3) is 0 Å². The van der Waals surface area contributed by atoms with Crippen LogP contribution in [0.3, 0.4) is 0 Å². The Kier molecular flexibility index (Phi) is 5.18. The van der Waals surface area contributed by atoms with Crippen LogP contribution in [-0.4, -0.2) is 40.8 Å². The second-order valence-corrected chi connectivity index (χ2v) is 8.11. The molecule has 0 N–H and O–H groups in total. The van der Waals surface area contributed by atoms with E-state index in [9.17, 15) is 4.79 Å². The third kappa shape index (κ3) is 4.42. The van der Waals surface area contributed by atoms with Crippen LogP contribution in [0, 0.1) is 0 Å². The van der Waals surface area contributed by atoms with Gasteiger partial charge in [0.05, 0.1) is 0 Å². The van der Waals surface area contributed by atoms with Gasteiger partial charge < -0.3 is 14.4 Å². The average Bonchev–Trinajstić information content (AvgIpc) is 2.54. The van der Waals surface area contributed by atoms with E-state index in [1.807, 2.05) is 45.2 Å². The number of carbonyl (C=O) groups excluding carboxylic acids is 1. The van der Waals surface area contributed by atoms with Gasteiger partial charge in [-0.25, -0.2) is 4.79 Å². The molecule has 1 aromatic heterocycles. The molecular formula is C19H23BrN2O3. The van der Waals surface area contributed by atoms with Crippen molar-refractivity contribution in [1.29, 1.82) is 0 Å². The number of halogens is 1. The molecule has 1 fully saturated rings. The summed E-state index contributed by atoms with van der Waals surface area (Å²) in [4.78, 5) is 18.1. The highest BCUT2D eigenvalue weighted by Crippen LogP contribution is 2.33. The minimum Gasteiger partial charge on any atom is -0.490 e. The molecule has 0 radical (unpaired) electrons. The highest BCUT2D eigenvalue weighted by molar-refractivity contribution is 9.10. The van der Waals surface area contributed by atoms with E-state index in [-0.39, 0.29) is 12.2 Å². The summed E-state index contributed by atoms with van der Waals surface area (Å²) in [5, 5.41) is 2.07. The summed E-state index contributed by atoms with van der Waals surface area (Å²) in [5.41, 5.74) is -0.465. The quantitative estimate of drug-likeness (QED) is 0.719. The van der Waals surface area contributed by atoms with Crippen molar-refractivity contribution in [1.82, 2.24) is 9.88 Å². The predicted octanol–water partition coefficient (Wildman–Crippen LogP) is 4.78. The molecule has 2 heterocycles. The number of rotatable bonds is 2. The van der Waals surface area contributed by atoms with E-state index in [1.165, 1.54) is 0 Å². The number of likely N-dealkylation sites (tertiary alicyclic amines) is 1. The molecule has 134 valence electrons.